The lowest BCUT2D eigenvalue weighted by Crippen LogP contribution is -2.42. The van der Waals surface area contributed by atoms with Crippen LogP contribution < -0.4 is 0 Å². The Morgan fingerprint density at radius 2 is 1.59 bits per heavy atom. The zero-order valence-corrected chi connectivity index (χ0v) is 15.4. The van der Waals surface area contributed by atoms with E-state index < -0.39 is 25.1 Å². The summed E-state index contributed by atoms with van der Waals surface area (Å²) in [4.78, 5) is 0.00822. The van der Waals surface area contributed by atoms with Crippen molar-refractivity contribution in [2.24, 2.45) is 0 Å². The standard InChI is InChI=1S/C13H17Cl2NO4S2/c1-9-7-13(12(15)8-11(9)14)22(19,20)16-5-3-10(4-6-16)21(2,17)18/h7-8,10H,3-6H2,1-2H3. The second-order valence-corrected chi connectivity index (χ2v) is 10.5. The molecule has 1 fully saturated rings. The van der Waals surface area contributed by atoms with Gasteiger partial charge in [0.1, 0.15) is 14.7 Å². The highest BCUT2D eigenvalue weighted by Gasteiger charge is 2.34. The smallest absolute Gasteiger partial charge is 0.229 e. The van der Waals surface area contributed by atoms with Crippen molar-refractivity contribution in [3.63, 3.8) is 0 Å². The molecule has 0 bridgehead atoms. The van der Waals surface area contributed by atoms with Gasteiger partial charge in [-0.3, -0.25) is 0 Å². The lowest BCUT2D eigenvalue weighted by Gasteiger charge is -2.30. The third kappa shape index (κ3) is 3.59. The van der Waals surface area contributed by atoms with Gasteiger partial charge in [-0.05, 0) is 37.5 Å². The third-order valence-electron chi connectivity index (χ3n) is 3.84. The molecule has 0 atom stereocenters. The lowest BCUT2D eigenvalue weighted by molar-refractivity contribution is 0.346. The first-order chi connectivity index (χ1) is 10.0. The van der Waals surface area contributed by atoms with Gasteiger partial charge in [-0.1, -0.05) is 23.2 Å². The number of aryl methyl sites for hydroxylation is 1. The van der Waals surface area contributed by atoms with Gasteiger partial charge in [-0.25, -0.2) is 16.8 Å². The molecule has 0 aromatic heterocycles. The van der Waals surface area contributed by atoms with Gasteiger partial charge in [0, 0.05) is 24.4 Å². The van der Waals surface area contributed by atoms with E-state index in [0.717, 1.165) is 0 Å². The van der Waals surface area contributed by atoms with E-state index in [1.807, 2.05) is 0 Å². The maximum atomic E-state index is 12.7. The maximum Gasteiger partial charge on any atom is 0.244 e. The molecule has 124 valence electrons. The number of rotatable bonds is 3. The van der Waals surface area contributed by atoms with Crippen LogP contribution >= 0.6 is 23.2 Å². The first-order valence-corrected chi connectivity index (χ1v) is 10.8. The SMILES string of the molecule is Cc1cc(S(=O)(=O)N2CCC(S(C)(=O)=O)CC2)c(Cl)cc1Cl. The Balaban J connectivity index is 2.28. The van der Waals surface area contributed by atoms with Crippen LogP contribution in [0.25, 0.3) is 0 Å². The van der Waals surface area contributed by atoms with Crippen LogP contribution in [0.4, 0.5) is 0 Å². The molecule has 9 heteroatoms. The van der Waals surface area contributed by atoms with Gasteiger partial charge in [0.15, 0.2) is 0 Å². The molecule has 0 radical (unpaired) electrons. The van der Waals surface area contributed by atoms with E-state index in [1.54, 1.807) is 6.92 Å². The van der Waals surface area contributed by atoms with Crippen LogP contribution in [-0.4, -0.2) is 45.7 Å². The second-order valence-electron chi connectivity index (χ2n) is 5.46. The fourth-order valence-electron chi connectivity index (χ4n) is 2.47. The quantitative estimate of drug-likeness (QED) is 0.800. The first kappa shape index (κ1) is 18.0. The Morgan fingerprint density at radius 1 is 1.05 bits per heavy atom. The molecule has 2 rings (SSSR count). The lowest BCUT2D eigenvalue weighted by atomic mass is 10.2. The molecule has 0 saturated carbocycles. The molecule has 1 aromatic carbocycles. The number of hydrogen-bond acceptors (Lipinski definition) is 4. The second kappa shape index (κ2) is 6.28. The summed E-state index contributed by atoms with van der Waals surface area (Å²) in [6.45, 7) is 2.03. The van der Waals surface area contributed by atoms with Gasteiger partial charge < -0.3 is 0 Å². The van der Waals surface area contributed by atoms with Crippen molar-refractivity contribution in [1.82, 2.24) is 4.31 Å². The Kier molecular flexibility index (Phi) is 5.14. The number of sulfone groups is 1. The zero-order valence-electron chi connectivity index (χ0n) is 12.2. The van der Waals surface area contributed by atoms with Gasteiger partial charge >= 0.3 is 0 Å². The Labute approximate surface area is 141 Å². The summed E-state index contributed by atoms with van der Waals surface area (Å²) < 4.78 is 49.7. The molecule has 22 heavy (non-hydrogen) atoms. The minimum absolute atomic E-state index is 0.00822. The van der Waals surface area contributed by atoms with Crippen LogP contribution in [0.15, 0.2) is 17.0 Å². The van der Waals surface area contributed by atoms with E-state index in [2.05, 4.69) is 0 Å². The number of nitrogens with zero attached hydrogens (tertiary/aromatic N) is 1. The molecule has 1 aromatic rings. The summed E-state index contributed by atoms with van der Waals surface area (Å²) in [6.07, 6.45) is 1.77. The van der Waals surface area contributed by atoms with Crippen molar-refractivity contribution in [2.45, 2.75) is 29.9 Å². The van der Waals surface area contributed by atoms with Crippen molar-refractivity contribution in [2.75, 3.05) is 19.3 Å². The summed E-state index contributed by atoms with van der Waals surface area (Å²) in [5, 5.41) is -0.0121. The summed E-state index contributed by atoms with van der Waals surface area (Å²) in [5.41, 5.74) is 0.621. The molecule has 0 unspecified atom stereocenters. The molecule has 1 aliphatic rings. The van der Waals surface area contributed by atoms with Crippen molar-refractivity contribution in [3.8, 4) is 0 Å². The summed E-state index contributed by atoms with van der Waals surface area (Å²) in [5.74, 6) is 0. The van der Waals surface area contributed by atoms with Gasteiger partial charge in [-0.15, -0.1) is 0 Å². The molecule has 0 spiro atoms. The van der Waals surface area contributed by atoms with Gasteiger partial charge in [0.05, 0.1) is 10.3 Å². The highest BCUT2D eigenvalue weighted by Crippen LogP contribution is 2.31. The topological polar surface area (TPSA) is 71.5 Å². The van der Waals surface area contributed by atoms with Gasteiger partial charge in [0.2, 0.25) is 10.0 Å². The van der Waals surface area contributed by atoms with Crippen LogP contribution in [0.5, 0.6) is 0 Å². The number of hydrogen-bond donors (Lipinski definition) is 0. The van der Waals surface area contributed by atoms with E-state index in [-0.39, 0.29) is 23.0 Å². The molecule has 1 heterocycles. The van der Waals surface area contributed by atoms with Gasteiger partial charge in [-0.2, -0.15) is 4.31 Å². The fraction of sp³-hybridized carbons (Fsp3) is 0.538. The summed E-state index contributed by atoms with van der Waals surface area (Å²) >= 11 is 12.0. The van der Waals surface area contributed by atoms with Gasteiger partial charge in [0.25, 0.3) is 0 Å². The Hall–Kier alpha value is -0.340. The summed E-state index contributed by atoms with van der Waals surface area (Å²) in [7, 11) is -6.90. The first-order valence-electron chi connectivity index (χ1n) is 6.68. The highest BCUT2D eigenvalue weighted by molar-refractivity contribution is 7.91. The summed E-state index contributed by atoms with van der Waals surface area (Å²) in [6, 6.07) is 2.86. The van der Waals surface area contributed by atoms with Crippen molar-refractivity contribution >= 4 is 43.1 Å². The van der Waals surface area contributed by atoms with Crippen LogP contribution in [0.1, 0.15) is 18.4 Å². The molecule has 1 saturated heterocycles. The molecule has 1 aliphatic heterocycles. The molecule has 0 aliphatic carbocycles. The van der Waals surface area contributed by atoms with Crippen LogP contribution in [0.2, 0.25) is 10.0 Å². The molecular formula is C13H17Cl2NO4S2. The predicted octanol–water partition coefficient (Wildman–Crippen LogP) is 2.50. The largest absolute Gasteiger partial charge is 0.244 e. The average Bonchev–Trinajstić information content (AvgIpc) is 2.42. The average molecular weight is 386 g/mol. The molecule has 5 nitrogen and oxygen atoms in total. The minimum atomic E-state index is -3.75. The molecular weight excluding hydrogens is 369 g/mol. The normalized spacial score (nSPS) is 18.5. The minimum Gasteiger partial charge on any atom is -0.229 e. The Bertz CT molecular complexity index is 783. The molecule has 0 N–H and O–H groups in total. The predicted molar refractivity (Wildman–Crippen MR) is 87.8 cm³/mol. The Morgan fingerprint density at radius 3 is 2.09 bits per heavy atom. The van der Waals surface area contributed by atoms with Crippen molar-refractivity contribution in [3.05, 3.63) is 27.7 Å². The number of piperidine rings is 1. The number of halogens is 2. The van der Waals surface area contributed by atoms with E-state index in [1.165, 1.54) is 22.7 Å². The number of benzene rings is 1. The monoisotopic (exact) mass is 385 g/mol. The highest BCUT2D eigenvalue weighted by atomic mass is 35.5. The fourth-order valence-corrected chi connectivity index (χ4v) is 5.81. The molecule has 0 amide bonds. The number of sulfonamides is 1. The van der Waals surface area contributed by atoms with Crippen molar-refractivity contribution < 1.29 is 16.8 Å². The third-order valence-corrected chi connectivity index (χ3v) is 8.29. The van der Waals surface area contributed by atoms with E-state index in [9.17, 15) is 16.8 Å². The van der Waals surface area contributed by atoms with Crippen molar-refractivity contribution in [1.29, 1.82) is 0 Å². The van der Waals surface area contributed by atoms with Crippen LogP contribution in [0.3, 0.4) is 0 Å². The van der Waals surface area contributed by atoms with E-state index >= 15 is 0 Å². The zero-order chi connectivity index (χ0) is 16.7. The van der Waals surface area contributed by atoms with E-state index in [0.29, 0.717) is 23.4 Å². The maximum absolute atomic E-state index is 12.7. The van der Waals surface area contributed by atoms with E-state index in [4.69, 9.17) is 23.2 Å². The van der Waals surface area contributed by atoms with Crippen LogP contribution in [0, 0.1) is 6.92 Å². The van der Waals surface area contributed by atoms with Crippen LogP contribution in [-0.2, 0) is 19.9 Å².